The zero-order valence-corrected chi connectivity index (χ0v) is 8.34. The molecule has 0 aliphatic rings. The van der Waals surface area contributed by atoms with Gasteiger partial charge in [0, 0.05) is 0 Å². The molecule has 0 radical (unpaired) electrons. The molecule has 0 saturated heterocycles. The quantitative estimate of drug-likeness (QED) is 0.830. The van der Waals surface area contributed by atoms with Crippen molar-refractivity contribution in [2.75, 3.05) is 0 Å². The van der Waals surface area contributed by atoms with Gasteiger partial charge in [-0.25, -0.2) is 17.6 Å². The van der Waals surface area contributed by atoms with E-state index in [0.29, 0.717) is 18.2 Å². The first-order chi connectivity index (χ1) is 7.26. The maximum Gasteiger partial charge on any atom is 0.341 e. The van der Waals surface area contributed by atoms with Gasteiger partial charge in [-0.15, -0.1) is 0 Å². The number of carbonyl (C=O) groups is 1. The van der Waals surface area contributed by atoms with E-state index in [4.69, 9.17) is 5.11 Å². The number of hydrogen-bond donors (Lipinski definition) is 1. The minimum atomic E-state index is -4.91. The summed E-state index contributed by atoms with van der Waals surface area (Å²) < 4.78 is 59.0. The maximum atomic E-state index is 12.8. The third-order valence-corrected chi connectivity index (χ3v) is 3.11. The van der Waals surface area contributed by atoms with Gasteiger partial charge in [0.2, 0.25) is 9.84 Å². The Hall–Kier alpha value is -1.57. The number of hydrogen-bond acceptors (Lipinski definition) is 3. The maximum absolute atomic E-state index is 12.8. The summed E-state index contributed by atoms with van der Waals surface area (Å²) in [6.45, 7) is 0. The molecule has 0 atom stereocenters. The fourth-order valence-corrected chi connectivity index (χ4v) is 1.69. The molecule has 0 fully saturated rings. The van der Waals surface area contributed by atoms with E-state index in [0.717, 1.165) is 0 Å². The molecule has 0 amide bonds. The number of halogens is 3. The highest BCUT2D eigenvalue weighted by Crippen LogP contribution is 2.20. The number of alkyl halides is 2. The molecular formula is C8H5F3O4S. The van der Waals surface area contributed by atoms with Crippen molar-refractivity contribution in [1.29, 1.82) is 0 Å². The van der Waals surface area contributed by atoms with E-state index in [1.165, 1.54) is 0 Å². The normalized spacial score (nSPS) is 11.8. The van der Waals surface area contributed by atoms with Gasteiger partial charge in [0.1, 0.15) is 5.82 Å². The molecule has 0 spiro atoms. The van der Waals surface area contributed by atoms with Crippen LogP contribution in [0.5, 0.6) is 0 Å². The Balaban J connectivity index is 3.40. The molecule has 0 aromatic heterocycles. The predicted octanol–water partition coefficient (Wildman–Crippen LogP) is 1.52. The van der Waals surface area contributed by atoms with Crippen LogP contribution in [0.1, 0.15) is 10.4 Å². The minimum absolute atomic E-state index is 0.360. The van der Waals surface area contributed by atoms with Crippen LogP contribution in [-0.4, -0.2) is 25.3 Å². The lowest BCUT2D eigenvalue weighted by Gasteiger charge is -2.04. The Morgan fingerprint density at radius 2 is 1.88 bits per heavy atom. The molecule has 4 nitrogen and oxygen atoms in total. The van der Waals surface area contributed by atoms with Crippen LogP contribution in [-0.2, 0) is 9.84 Å². The van der Waals surface area contributed by atoms with Crippen LogP contribution < -0.4 is 0 Å². The third kappa shape index (κ3) is 2.16. The lowest BCUT2D eigenvalue weighted by molar-refractivity contribution is 0.0691. The standard InChI is InChI=1S/C8H5F3O4S/c9-6-2-1-4(3-5(6)7(12)13)16(14,15)8(10)11/h1-3,8H,(H,12,13). The molecule has 1 N–H and O–H groups in total. The SMILES string of the molecule is O=C(O)c1cc(S(=O)(=O)C(F)F)ccc1F. The first-order valence-electron chi connectivity index (χ1n) is 3.81. The summed E-state index contributed by atoms with van der Waals surface area (Å²) in [4.78, 5) is 9.52. The first kappa shape index (κ1) is 12.5. The van der Waals surface area contributed by atoms with E-state index >= 15 is 0 Å². The molecule has 1 aromatic carbocycles. The van der Waals surface area contributed by atoms with Gasteiger partial charge in [-0.1, -0.05) is 0 Å². The molecule has 0 unspecified atom stereocenters. The number of carboxylic acid groups (broad SMARTS) is 1. The third-order valence-electron chi connectivity index (χ3n) is 1.73. The average molecular weight is 254 g/mol. The summed E-state index contributed by atoms with van der Waals surface area (Å²) in [7, 11) is -4.91. The van der Waals surface area contributed by atoms with Gasteiger partial charge in [0.15, 0.2) is 0 Å². The monoisotopic (exact) mass is 254 g/mol. The fraction of sp³-hybridized carbons (Fsp3) is 0.125. The summed E-state index contributed by atoms with van der Waals surface area (Å²) >= 11 is 0. The van der Waals surface area contributed by atoms with Crippen LogP contribution in [0.4, 0.5) is 13.2 Å². The summed E-state index contributed by atoms with van der Waals surface area (Å²) in [5.74, 6) is -6.61. The van der Waals surface area contributed by atoms with Crippen molar-refractivity contribution in [2.24, 2.45) is 0 Å². The Morgan fingerprint density at radius 1 is 1.31 bits per heavy atom. The van der Waals surface area contributed by atoms with Gasteiger partial charge < -0.3 is 5.11 Å². The second-order valence-corrected chi connectivity index (χ2v) is 4.67. The van der Waals surface area contributed by atoms with Gasteiger partial charge in [-0.2, -0.15) is 8.78 Å². The lowest BCUT2D eigenvalue weighted by atomic mass is 10.2. The van der Waals surface area contributed by atoms with Gasteiger partial charge in [-0.05, 0) is 18.2 Å². The second-order valence-electron chi connectivity index (χ2n) is 2.75. The summed E-state index contributed by atoms with van der Waals surface area (Å²) in [6, 6.07) is 1.46. The van der Waals surface area contributed by atoms with E-state index in [1.807, 2.05) is 0 Å². The molecule has 0 heterocycles. The largest absolute Gasteiger partial charge is 0.478 e. The van der Waals surface area contributed by atoms with Crippen molar-refractivity contribution >= 4 is 15.8 Å². The minimum Gasteiger partial charge on any atom is -0.478 e. The number of aromatic carboxylic acids is 1. The fourth-order valence-electron chi connectivity index (χ4n) is 0.948. The van der Waals surface area contributed by atoms with E-state index in [9.17, 15) is 26.4 Å². The molecule has 1 aromatic rings. The highest BCUT2D eigenvalue weighted by atomic mass is 32.2. The number of sulfone groups is 1. The number of rotatable bonds is 3. The number of carboxylic acids is 1. The van der Waals surface area contributed by atoms with Crippen molar-refractivity contribution < 1.29 is 31.5 Å². The zero-order valence-electron chi connectivity index (χ0n) is 7.52. The topological polar surface area (TPSA) is 71.4 Å². The van der Waals surface area contributed by atoms with Crippen LogP contribution in [0, 0.1) is 5.82 Å². The van der Waals surface area contributed by atoms with Gasteiger partial charge in [0.05, 0.1) is 10.5 Å². The molecule has 0 saturated carbocycles. The van der Waals surface area contributed by atoms with Crippen molar-refractivity contribution in [3.05, 3.63) is 29.6 Å². The van der Waals surface area contributed by atoms with E-state index in [1.54, 1.807) is 0 Å². The van der Waals surface area contributed by atoms with Gasteiger partial charge in [-0.3, -0.25) is 0 Å². The molecular weight excluding hydrogens is 249 g/mol. The summed E-state index contributed by atoms with van der Waals surface area (Å²) in [6.07, 6.45) is 0. The zero-order chi connectivity index (χ0) is 12.5. The predicted molar refractivity (Wildman–Crippen MR) is 46.5 cm³/mol. The summed E-state index contributed by atoms with van der Waals surface area (Å²) in [5.41, 5.74) is -0.971. The molecule has 88 valence electrons. The highest BCUT2D eigenvalue weighted by molar-refractivity contribution is 7.91. The Morgan fingerprint density at radius 3 is 2.31 bits per heavy atom. The molecule has 16 heavy (non-hydrogen) atoms. The summed E-state index contributed by atoms with van der Waals surface area (Å²) in [5, 5.41) is 8.47. The number of benzene rings is 1. The van der Waals surface area contributed by atoms with Crippen LogP contribution in [0.25, 0.3) is 0 Å². The Labute approximate surface area is 88.2 Å². The molecule has 8 heteroatoms. The Bertz CT molecular complexity index is 524. The van der Waals surface area contributed by atoms with Gasteiger partial charge in [0.25, 0.3) is 0 Å². The van der Waals surface area contributed by atoms with Crippen molar-refractivity contribution in [1.82, 2.24) is 0 Å². The highest BCUT2D eigenvalue weighted by Gasteiger charge is 2.28. The van der Waals surface area contributed by atoms with Crippen molar-refractivity contribution in [3.63, 3.8) is 0 Å². The first-order valence-corrected chi connectivity index (χ1v) is 5.36. The Kier molecular flexibility index (Phi) is 3.22. The average Bonchev–Trinajstić information content (AvgIpc) is 2.17. The van der Waals surface area contributed by atoms with E-state index < -0.39 is 37.8 Å². The lowest BCUT2D eigenvalue weighted by Crippen LogP contribution is -2.13. The van der Waals surface area contributed by atoms with Crippen LogP contribution in [0.2, 0.25) is 0 Å². The van der Waals surface area contributed by atoms with E-state index in [2.05, 4.69) is 0 Å². The van der Waals surface area contributed by atoms with Crippen LogP contribution in [0.15, 0.2) is 23.1 Å². The molecule has 1 rings (SSSR count). The molecule has 0 aliphatic carbocycles. The second kappa shape index (κ2) is 4.12. The van der Waals surface area contributed by atoms with Gasteiger partial charge >= 0.3 is 11.7 Å². The van der Waals surface area contributed by atoms with E-state index in [-0.39, 0.29) is 0 Å². The van der Waals surface area contributed by atoms with Crippen LogP contribution in [0.3, 0.4) is 0 Å². The van der Waals surface area contributed by atoms with Crippen molar-refractivity contribution in [2.45, 2.75) is 10.7 Å². The molecule has 0 bridgehead atoms. The van der Waals surface area contributed by atoms with Crippen LogP contribution >= 0.6 is 0 Å². The van der Waals surface area contributed by atoms with Crippen molar-refractivity contribution in [3.8, 4) is 0 Å². The smallest absolute Gasteiger partial charge is 0.341 e. The molecule has 0 aliphatic heterocycles.